The second-order valence-electron chi connectivity index (χ2n) is 7.41. The molecule has 170 valence electrons. The number of hydrogen-bond donors (Lipinski definition) is 1. The van der Waals surface area contributed by atoms with Crippen molar-refractivity contribution in [1.29, 1.82) is 5.26 Å². The number of carbonyl (C=O) groups excluding carboxylic acids is 1. The van der Waals surface area contributed by atoms with E-state index in [0.717, 1.165) is 29.5 Å². The monoisotopic (exact) mass is 494 g/mol. The van der Waals surface area contributed by atoms with E-state index in [9.17, 15) is 33.3 Å². The number of halogens is 4. The van der Waals surface area contributed by atoms with Crippen molar-refractivity contribution in [2.24, 2.45) is 5.73 Å². The lowest BCUT2D eigenvalue weighted by atomic mass is 9.78. The van der Waals surface area contributed by atoms with E-state index in [0.29, 0.717) is 23.4 Å². The lowest BCUT2D eigenvalue weighted by molar-refractivity contribution is -0.380. The number of nitriles is 1. The second kappa shape index (κ2) is 8.20. The fraction of sp³-hybridized carbons (Fsp3) is 0.238. The number of alkyl halides is 3. The van der Waals surface area contributed by atoms with Gasteiger partial charge in [-0.25, -0.2) is 0 Å². The van der Waals surface area contributed by atoms with Crippen LogP contribution >= 0.6 is 22.9 Å². The predicted molar refractivity (Wildman–Crippen MR) is 115 cm³/mol. The quantitative estimate of drug-likeness (QED) is 0.436. The van der Waals surface area contributed by atoms with Crippen LogP contribution in [0.4, 0.5) is 23.9 Å². The summed E-state index contributed by atoms with van der Waals surface area (Å²) in [6, 6.07) is 7.42. The normalized spacial score (nSPS) is 18.9. The molecule has 2 aliphatic rings. The summed E-state index contributed by atoms with van der Waals surface area (Å²) in [5, 5.41) is 20.9. The molecule has 0 unspecified atom stereocenters. The van der Waals surface area contributed by atoms with Crippen molar-refractivity contribution in [1.82, 2.24) is 0 Å². The average Bonchev–Trinajstić information content (AvgIpc) is 3.23. The molecule has 0 fully saturated rings. The zero-order chi connectivity index (χ0) is 24.1. The third-order valence-electron chi connectivity index (χ3n) is 5.50. The van der Waals surface area contributed by atoms with Crippen LogP contribution in [0.3, 0.4) is 0 Å². The van der Waals surface area contributed by atoms with Gasteiger partial charge >= 0.3 is 11.2 Å². The number of hydrogen-bond acceptors (Lipinski definition) is 7. The maximum Gasteiger partial charge on any atom is 0.416 e. The number of rotatable bonds is 3. The van der Waals surface area contributed by atoms with Gasteiger partial charge in [0.1, 0.15) is 5.82 Å². The number of ketones is 1. The van der Waals surface area contributed by atoms with Gasteiger partial charge in [-0.15, -0.1) is 0 Å². The van der Waals surface area contributed by atoms with E-state index in [-0.39, 0.29) is 44.9 Å². The zero-order valence-electron chi connectivity index (χ0n) is 16.6. The van der Waals surface area contributed by atoms with E-state index in [1.54, 1.807) is 0 Å². The Labute approximate surface area is 194 Å². The molecule has 2 heterocycles. The molecule has 0 radical (unpaired) electrons. The zero-order valence-corrected chi connectivity index (χ0v) is 18.2. The number of thiophene rings is 1. The molecule has 1 aliphatic carbocycles. The van der Waals surface area contributed by atoms with E-state index in [4.69, 9.17) is 17.3 Å². The number of Topliss-reactive ketones (excluding diaryl/α,β-unsaturated/α-hetero) is 1. The summed E-state index contributed by atoms with van der Waals surface area (Å²) in [5.74, 6) is -1.42. The molecule has 12 heteroatoms. The highest BCUT2D eigenvalue weighted by Gasteiger charge is 2.42. The van der Waals surface area contributed by atoms with E-state index in [2.05, 4.69) is 0 Å². The molecule has 2 N–H and O–H groups in total. The summed E-state index contributed by atoms with van der Waals surface area (Å²) in [5.41, 5.74) is 5.68. The van der Waals surface area contributed by atoms with Crippen LogP contribution in [0.5, 0.6) is 0 Å². The summed E-state index contributed by atoms with van der Waals surface area (Å²) < 4.78 is 40.1. The van der Waals surface area contributed by atoms with E-state index >= 15 is 0 Å². The highest BCUT2D eigenvalue weighted by molar-refractivity contribution is 7.15. The molecular weight excluding hydrogens is 481 g/mol. The minimum Gasteiger partial charge on any atom is -0.384 e. The van der Waals surface area contributed by atoms with Crippen molar-refractivity contribution < 1.29 is 22.9 Å². The topological polar surface area (TPSA) is 113 Å². The number of nitro groups is 1. The van der Waals surface area contributed by atoms with Gasteiger partial charge in [0.15, 0.2) is 5.78 Å². The molecule has 7 nitrogen and oxygen atoms in total. The van der Waals surface area contributed by atoms with Gasteiger partial charge in [-0.1, -0.05) is 22.9 Å². The third-order valence-corrected chi connectivity index (χ3v) is 6.93. The summed E-state index contributed by atoms with van der Waals surface area (Å²) in [6.07, 6.45) is -3.75. The van der Waals surface area contributed by atoms with Gasteiger partial charge in [-0.3, -0.25) is 19.8 Å². The first-order chi connectivity index (χ1) is 15.5. The summed E-state index contributed by atoms with van der Waals surface area (Å²) >= 11 is 7.06. The Morgan fingerprint density at radius 2 is 2.00 bits per heavy atom. The van der Waals surface area contributed by atoms with Gasteiger partial charge in [0.25, 0.3) is 0 Å². The van der Waals surface area contributed by atoms with E-state index < -0.39 is 22.6 Å². The van der Waals surface area contributed by atoms with Gasteiger partial charge in [0.05, 0.1) is 38.8 Å². The largest absolute Gasteiger partial charge is 0.416 e. The van der Waals surface area contributed by atoms with Crippen LogP contribution in [0.15, 0.2) is 53.0 Å². The van der Waals surface area contributed by atoms with E-state index in [1.165, 1.54) is 17.0 Å². The molecule has 4 rings (SSSR count). The SMILES string of the molecule is N#CC1=C(N)N(c2cc(C(F)(F)F)ccc2Cl)C2=C(C(=O)CCC2)[C@H]1c1ccc([N+](=O)[O-])s1. The Kier molecular flexibility index (Phi) is 5.67. The van der Waals surface area contributed by atoms with Gasteiger partial charge in [0.2, 0.25) is 0 Å². The smallest absolute Gasteiger partial charge is 0.384 e. The van der Waals surface area contributed by atoms with Gasteiger partial charge in [-0.05, 0) is 37.1 Å². The predicted octanol–water partition coefficient (Wildman–Crippen LogP) is 5.63. The molecule has 1 aromatic heterocycles. The minimum absolute atomic E-state index is 0.0432. The molecule has 0 spiro atoms. The van der Waals surface area contributed by atoms with Crippen molar-refractivity contribution in [3.63, 3.8) is 0 Å². The fourth-order valence-electron chi connectivity index (χ4n) is 4.10. The first kappa shape index (κ1) is 22.8. The standard InChI is InChI=1S/C21H14ClF3N4O3S/c22-12-5-4-10(21(23,24)25)8-14(12)28-13-2-1-3-15(30)19(13)18(11(9-26)20(28)27)16-6-7-17(33-16)29(31)32/h4-8,18H,1-3,27H2/t18-/m1/s1. The van der Waals surface area contributed by atoms with Crippen molar-refractivity contribution >= 4 is 39.4 Å². The number of nitrogens with two attached hydrogens (primary N) is 1. The highest BCUT2D eigenvalue weighted by atomic mass is 35.5. The lowest BCUT2D eigenvalue weighted by Crippen LogP contribution is -2.38. The lowest BCUT2D eigenvalue weighted by Gasteiger charge is -2.39. The molecule has 1 aromatic carbocycles. The maximum absolute atomic E-state index is 13.4. The third kappa shape index (κ3) is 3.85. The summed E-state index contributed by atoms with van der Waals surface area (Å²) in [7, 11) is 0. The molecule has 2 aromatic rings. The number of carbonyl (C=O) groups is 1. The fourth-order valence-corrected chi connectivity index (χ4v) is 5.25. The van der Waals surface area contributed by atoms with Crippen molar-refractivity contribution in [3.05, 3.63) is 78.6 Å². The van der Waals surface area contributed by atoms with Gasteiger partial charge in [-0.2, -0.15) is 18.4 Å². The minimum atomic E-state index is -4.65. The van der Waals surface area contributed by atoms with Gasteiger partial charge < -0.3 is 5.73 Å². The highest BCUT2D eigenvalue weighted by Crippen LogP contribution is 2.49. The van der Waals surface area contributed by atoms with Crippen LogP contribution < -0.4 is 10.6 Å². The Morgan fingerprint density at radius 3 is 2.61 bits per heavy atom. The van der Waals surface area contributed by atoms with Crippen LogP contribution in [-0.4, -0.2) is 10.7 Å². The first-order valence-electron chi connectivity index (χ1n) is 9.61. The summed E-state index contributed by atoms with van der Waals surface area (Å²) in [6.45, 7) is 0. The van der Waals surface area contributed by atoms with Crippen molar-refractivity contribution in [2.45, 2.75) is 31.4 Å². The molecule has 1 aliphatic heterocycles. The molecule has 0 bridgehead atoms. The molecule has 0 saturated carbocycles. The van der Waals surface area contributed by atoms with Crippen LogP contribution in [-0.2, 0) is 11.0 Å². The maximum atomic E-state index is 13.4. The molecule has 0 amide bonds. The van der Waals surface area contributed by atoms with E-state index in [1.807, 2.05) is 6.07 Å². The molecular formula is C21H14ClF3N4O3S. The van der Waals surface area contributed by atoms with Crippen LogP contribution in [0, 0.1) is 21.4 Å². The number of allylic oxidation sites excluding steroid dienone is 3. The first-order valence-corrected chi connectivity index (χ1v) is 10.8. The Morgan fingerprint density at radius 1 is 1.27 bits per heavy atom. The average molecular weight is 495 g/mol. The van der Waals surface area contributed by atoms with Crippen LogP contribution in [0.25, 0.3) is 0 Å². The van der Waals surface area contributed by atoms with Crippen LogP contribution in [0.2, 0.25) is 5.02 Å². The molecule has 1 atom stereocenters. The Bertz CT molecular complexity index is 1290. The van der Waals surface area contributed by atoms with Crippen molar-refractivity contribution in [2.75, 3.05) is 4.90 Å². The Balaban J connectivity index is 1.97. The molecule has 33 heavy (non-hydrogen) atoms. The van der Waals surface area contributed by atoms with Crippen LogP contribution in [0.1, 0.15) is 35.6 Å². The van der Waals surface area contributed by atoms with Crippen molar-refractivity contribution in [3.8, 4) is 6.07 Å². The van der Waals surface area contributed by atoms with Gasteiger partial charge in [0, 0.05) is 28.6 Å². The Hall–Kier alpha value is -3.36. The number of anilines is 1. The number of benzene rings is 1. The summed E-state index contributed by atoms with van der Waals surface area (Å²) in [4.78, 5) is 25.2. The molecule has 0 saturated heterocycles. The second-order valence-corrected chi connectivity index (χ2v) is 8.91. The number of nitrogens with zero attached hydrogens (tertiary/aromatic N) is 3.